The number of ether oxygens (including phenoxy) is 1. The fourth-order valence-electron chi connectivity index (χ4n) is 1.07. The molecule has 0 fully saturated rings. The van der Waals surface area contributed by atoms with Crippen molar-refractivity contribution in [3.8, 4) is 0 Å². The fourth-order valence-corrected chi connectivity index (χ4v) is 1.07. The highest BCUT2D eigenvalue weighted by atomic mass is 16.5. The van der Waals surface area contributed by atoms with E-state index in [9.17, 15) is 0 Å². The second-order valence-corrected chi connectivity index (χ2v) is 3.70. The lowest BCUT2D eigenvalue weighted by Gasteiger charge is -2.23. The average Bonchev–Trinajstić information content (AvgIpc) is 1.87. The average molecular weight is 159 g/mol. The molecule has 0 aromatic carbocycles. The molecule has 2 heteroatoms. The third-order valence-corrected chi connectivity index (χ3v) is 1.76. The Bertz CT molecular complexity index is 91.6. The first-order chi connectivity index (χ1) is 5.12. The van der Waals surface area contributed by atoms with Crippen molar-refractivity contribution < 1.29 is 4.74 Å². The highest BCUT2D eigenvalue weighted by Crippen LogP contribution is 2.18. The Hall–Kier alpha value is -0.0800. The molecule has 0 saturated heterocycles. The number of rotatable bonds is 6. The van der Waals surface area contributed by atoms with Crippen molar-refractivity contribution in [3.63, 3.8) is 0 Å². The molecule has 0 heterocycles. The summed E-state index contributed by atoms with van der Waals surface area (Å²) in [5.74, 6) is 0. The van der Waals surface area contributed by atoms with Gasteiger partial charge >= 0.3 is 0 Å². The Morgan fingerprint density at radius 3 is 2.45 bits per heavy atom. The van der Waals surface area contributed by atoms with Gasteiger partial charge in [-0.15, -0.1) is 0 Å². The van der Waals surface area contributed by atoms with E-state index >= 15 is 0 Å². The van der Waals surface area contributed by atoms with Crippen molar-refractivity contribution in [1.29, 1.82) is 0 Å². The molecule has 0 rings (SSSR count). The molecule has 1 N–H and O–H groups in total. The summed E-state index contributed by atoms with van der Waals surface area (Å²) in [5, 5.41) is 3.31. The zero-order chi connectivity index (χ0) is 8.74. The second kappa shape index (κ2) is 5.56. The van der Waals surface area contributed by atoms with E-state index in [-0.39, 0.29) is 0 Å². The number of nitrogens with one attached hydrogen (secondary N) is 1. The van der Waals surface area contributed by atoms with Crippen molar-refractivity contribution in [3.05, 3.63) is 0 Å². The van der Waals surface area contributed by atoms with E-state index in [0.717, 1.165) is 19.7 Å². The molecular formula is C9H21NO. The summed E-state index contributed by atoms with van der Waals surface area (Å²) >= 11 is 0. The molecule has 0 aromatic rings. The van der Waals surface area contributed by atoms with E-state index in [1.807, 2.05) is 0 Å². The van der Waals surface area contributed by atoms with Gasteiger partial charge in [0, 0.05) is 7.11 Å². The lowest BCUT2D eigenvalue weighted by atomic mass is 9.90. The van der Waals surface area contributed by atoms with Crippen LogP contribution in [0.1, 0.15) is 27.2 Å². The Kier molecular flexibility index (Phi) is 5.51. The minimum absolute atomic E-state index is 0.316. The predicted molar refractivity (Wildman–Crippen MR) is 48.8 cm³/mol. The van der Waals surface area contributed by atoms with Crippen LogP contribution in [-0.4, -0.2) is 26.8 Å². The van der Waals surface area contributed by atoms with Gasteiger partial charge < -0.3 is 10.1 Å². The van der Waals surface area contributed by atoms with Gasteiger partial charge in [0.05, 0.1) is 6.61 Å². The minimum atomic E-state index is 0.316. The van der Waals surface area contributed by atoms with Gasteiger partial charge in [0.25, 0.3) is 0 Å². The molecule has 0 aliphatic rings. The van der Waals surface area contributed by atoms with Crippen LogP contribution < -0.4 is 5.32 Å². The van der Waals surface area contributed by atoms with Crippen LogP contribution >= 0.6 is 0 Å². The summed E-state index contributed by atoms with van der Waals surface area (Å²) in [4.78, 5) is 0. The Labute approximate surface area is 70.3 Å². The van der Waals surface area contributed by atoms with Crippen LogP contribution in [0.15, 0.2) is 0 Å². The van der Waals surface area contributed by atoms with Crippen LogP contribution in [-0.2, 0) is 4.74 Å². The van der Waals surface area contributed by atoms with Gasteiger partial charge in [-0.2, -0.15) is 0 Å². The van der Waals surface area contributed by atoms with Crippen molar-refractivity contribution in [2.75, 3.05) is 26.8 Å². The van der Waals surface area contributed by atoms with E-state index in [1.165, 1.54) is 6.42 Å². The van der Waals surface area contributed by atoms with Crippen LogP contribution in [0.3, 0.4) is 0 Å². The molecule has 2 nitrogen and oxygen atoms in total. The van der Waals surface area contributed by atoms with Crippen LogP contribution in [0, 0.1) is 5.41 Å². The molecule has 0 aromatic heterocycles. The third kappa shape index (κ3) is 6.32. The molecule has 0 aliphatic carbocycles. The van der Waals surface area contributed by atoms with Gasteiger partial charge in [-0.05, 0) is 24.9 Å². The maximum absolute atomic E-state index is 5.11. The molecule has 11 heavy (non-hydrogen) atoms. The van der Waals surface area contributed by atoms with E-state index in [4.69, 9.17) is 4.74 Å². The highest BCUT2D eigenvalue weighted by Gasteiger charge is 2.16. The van der Waals surface area contributed by atoms with Crippen molar-refractivity contribution in [1.82, 2.24) is 5.32 Å². The minimum Gasteiger partial charge on any atom is -0.384 e. The molecule has 0 unspecified atom stereocenters. The molecule has 0 amide bonds. The van der Waals surface area contributed by atoms with Crippen LogP contribution in [0.25, 0.3) is 0 Å². The SMILES string of the molecule is CCNCCC(C)(C)COC. The van der Waals surface area contributed by atoms with E-state index in [1.54, 1.807) is 7.11 Å². The molecule has 68 valence electrons. The third-order valence-electron chi connectivity index (χ3n) is 1.76. The number of hydrogen-bond acceptors (Lipinski definition) is 2. The molecule has 0 saturated carbocycles. The van der Waals surface area contributed by atoms with Crippen molar-refractivity contribution >= 4 is 0 Å². The fraction of sp³-hybridized carbons (Fsp3) is 1.00. The highest BCUT2D eigenvalue weighted by molar-refractivity contribution is 4.68. The smallest absolute Gasteiger partial charge is 0.0513 e. The summed E-state index contributed by atoms with van der Waals surface area (Å²) in [6.45, 7) is 9.58. The maximum atomic E-state index is 5.11. The number of hydrogen-bond donors (Lipinski definition) is 1. The number of methoxy groups -OCH3 is 1. The molecule has 0 bridgehead atoms. The monoisotopic (exact) mass is 159 g/mol. The lowest BCUT2D eigenvalue weighted by molar-refractivity contribution is 0.0984. The van der Waals surface area contributed by atoms with Gasteiger partial charge in [-0.3, -0.25) is 0 Å². The molecule has 0 radical (unpaired) electrons. The maximum Gasteiger partial charge on any atom is 0.0513 e. The van der Waals surface area contributed by atoms with Gasteiger partial charge in [0.15, 0.2) is 0 Å². The van der Waals surface area contributed by atoms with Gasteiger partial charge in [0.2, 0.25) is 0 Å². The largest absolute Gasteiger partial charge is 0.384 e. The molecule has 0 atom stereocenters. The standard InChI is InChI=1S/C9H21NO/c1-5-10-7-6-9(2,3)8-11-4/h10H,5-8H2,1-4H3. The molecule has 0 aliphatic heterocycles. The normalized spacial score (nSPS) is 12.0. The van der Waals surface area contributed by atoms with E-state index in [2.05, 4.69) is 26.1 Å². The van der Waals surface area contributed by atoms with E-state index < -0.39 is 0 Å². The summed E-state index contributed by atoms with van der Waals surface area (Å²) in [5.41, 5.74) is 0.316. The molecular weight excluding hydrogens is 138 g/mol. The Morgan fingerprint density at radius 1 is 1.36 bits per heavy atom. The zero-order valence-electron chi connectivity index (χ0n) is 8.24. The summed E-state index contributed by atoms with van der Waals surface area (Å²) in [6.07, 6.45) is 1.18. The first kappa shape index (κ1) is 10.9. The summed E-state index contributed by atoms with van der Waals surface area (Å²) in [6, 6.07) is 0. The first-order valence-corrected chi connectivity index (χ1v) is 4.32. The topological polar surface area (TPSA) is 21.3 Å². The Morgan fingerprint density at radius 2 is 2.00 bits per heavy atom. The van der Waals surface area contributed by atoms with Crippen molar-refractivity contribution in [2.24, 2.45) is 5.41 Å². The quantitative estimate of drug-likeness (QED) is 0.595. The van der Waals surface area contributed by atoms with Crippen LogP contribution in [0.2, 0.25) is 0 Å². The van der Waals surface area contributed by atoms with E-state index in [0.29, 0.717) is 5.41 Å². The summed E-state index contributed by atoms with van der Waals surface area (Å²) in [7, 11) is 1.76. The molecule has 0 spiro atoms. The predicted octanol–water partition coefficient (Wildman–Crippen LogP) is 1.66. The summed E-state index contributed by atoms with van der Waals surface area (Å²) < 4.78 is 5.11. The van der Waals surface area contributed by atoms with Gasteiger partial charge in [0.1, 0.15) is 0 Å². The first-order valence-electron chi connectivity index (χ1n) is 4.32. The van der Waals surface area contributed by atoms with Crippen LogP contribution in [0.5, 0.6) is 0 Å². The van der Waals surface area contributed by atoms with Gasteiger partial charge in [-0.1, -0.05) is 20.8 Å². The Balaban J connectivity index is 3.38. The zero-order valence-corrected chi connectivity index (χ0v) is 8.24. The van der Waals surface area contributed by atoms with Gasteiger partial charge in [-0.25, -0.2) is 0 Å². The second-order valence-electron chi connectivity index (χ2n) is 3.70. The van der Waals surface area contributed by atoms with Crippen LogP contribution in [0.4, 0.5) is 0 Å². The van der Waals surface area contributed by atoms with Crippen molar-refractivity contribution in [2.45, 2.75) is 27.2 Å². The lowest BCUT2D eigenvalue weighted by Crippen LogP contribution is -2.25.